The molecule has 9 heteroatoms. The lowest BCUT2D eigenvalue weighted by molar-refractivity contribution is -0.141. The Morgan fingerprint density at radius 3 is 2.37 bits per heavy atom. The Bertz CT molecular complexity index is 771. The van der Waals surface area contributed by atoms with Gasteiger partial charge in [-0.2, -0.15) is 0 Å². The molecule has 2 N–H and O–H groups in total. The first-order valence-electron chi connectivity index (χ1n) is 9.12. The minimum Gasteiger partial charge on any atom is -0.315 e. The van der Waals surface area contributed by atoms with Crippen molar-refractivity contribution >= 4 is 40.0 Å². The number of carbonyl (C=O) groups excluding carboxylic acids is 4. The van der Waals surface area contributed by atoms with Gasteiger partial charge in [-0.1, -0.05) is 6.42 Å². The molecule has 0 radical (unpaired) electrons. The molecule has 4 amide bonds. The molecule has 146 valence electrons. The second-order valence-corrected chi connectivity index (χ2v) is 8.13. The van der Waals surface area contributed by atoms with Gasteiger partial charge in [-0.25, -0.2) is 5.01 Å². The molecule has 0 unspecified atom stereocenters. The molecule has 0 atom stereocenters. The number of amides is 4. The number of rotatable bonds is 5. The molecule has 1 aliphatic heterocycles. The molecule has 0 saturated carbocycles. The highest BCUT2D eigenvalue weighted by atomic mass is 32.1. The molecule has 2 heterocycles. The maximum Gasteiger partial charge on any atom is 0.268 e. The van der Waals surface area contributed by atoms with E-state index < -0.39 is 5.91 Å². The lowest BCUT2D eigenvalue weighted by Gasteiger charge is -2.15. The van der Waals surface area contributed by atoms with Gasteiger partial charge in [0, 0.05) is 31.8 Å². The largest absolute Gasteiger partial charge is 0.315 e. The van der Waals surface area contributed by atoms with Crippen molar-refractivity contribution in [1.82, 2.24) is 15.3 Å². The first kappa shape index (κ1) is 19.5. The lowest BCUT2D eigenvalue weighted by Crippen LogP contribution is -2.38. The number of nitrogens with one attached hydrogen (secondary N) is 2. The predicted molar refractivity (Wildman–Crippen MR) is 101 cm³/mol. The zero-order chi connectivity index (χ0) is 19.6. The predicted octanol–water partition coefficient (Wildman–Crippen LogP) is 1.31. The normalized spacial score (nSPS) is 17.1. The third-order valence-electron chi connectivity index (χ3n) is 4.68. The molecule has 1 fully saturated rings. The summed E-state index contributed by atoms with van der Waals surface area (Å²) in [4.78, 5) is 50.7. The van der Waals surface area contributed by atoms with E-state index in [-0.39, 0.29) is 37.1 Å². The maximum absolute atomic E-state index is 12.7. The van der Waals surface area contributed by atoms with Crippen LogP contribution < -0.4 is 10.7 Å². The molecule has 2 aliphatic rings. The van der Waals surface area contributed by atoms with Crippen molar-refractivity contribution in [1.29, 1.82) is 0 Å². The first-order valence-corrected chi connectivity index (χ1v) is 9.94. The van der Waals surface area contributed by atoms with Crippen LogP contribution in [0.5, 0.6) is 0 Å². The van der Waals surface area contributed by atoms with E-state index in [0.29, 0.717) is 10.6 Å². The molecule has 1 aliphatic carbocycles. The summed E-state index contributed by atoms with van der Waals surface area (Å²) in [5, 5.41) is 4.82. The molecule has 27 heavy (non-hydrogen) atoms. The Hall–Kier alpha value is -2.26. The monoisotopic (exact) mass is 392 g/mol. The van der Waals surface area contributed by atoms with E-state index in [0.717, 1.165) is 47.4 Å². The number of hydrazine groups is 1. The second-order valence-electron chi connectivity index (χ2n) is 7.03. The van der Waals surface area contributed by atoms with Crippen LogP contribution in [-0.4, -0.2) is 54.2 Å². The quantitative estimate of drug-likeness (QED) is 0.447. The van der Waals surface area contributed by atoms with Gasteiger partial charge in [0.1, 0.15) is 11.5 Å². The van der Waals surface area contributed by atoms with E-state index in [2.05, 4.69) is 10.7 Å². The Morgan fingerprint density at radius 2 is 1.70 bits per heavy atom. The summed E-state index contributed by atoms with van der Waals surface area (Å²) in [5.74, 6) is -1.39. The number of carbonyl (C=O) groups is 4. The Kier molecular flexibility index (Phi) is 5.91. The third kappa shape index (κ3) is 4.36. The van der Waals surface area contributed by atoms with Gasteiger partial charge < -0.3 is 5.32 Å². The van der Waals surface area contributed by atoms with Crippen LogP contribution in [0.4, 0.5) is 5.00 Å². The average molecular weight is 392 g/mol. The van der Waals surface area contributed by atoms with E-state index in [4.69, 9.17) is 0 Å². The number of anilines is 1. The van der Waals surface area contributed by atoms with Gasteiger partial charge in [0.25, 0.3) is 5.91 Å². The topological polar surface area (TPSA) is 98.8 Å². The standard InChI is InChI=1S/C18H24N4O4S/c1-21(2)20-17(26)16-11-6-4-3-5-7-12(11)27-18(16)19-13(23)10-22-14(24)8-9-15(22)25/h3-10H2,1-2H3,(H,19,23)(H,20,26). The minimum atomic E-state index is -0.464. The molecule has 1 aromatic heterocycles. The molecule has 0 aromatic carbocycles. The zero-order valence-electron chi connectivity index (χ0n) is 15.6. The summed E-state index contributed by atoms with van der Waals surface area (Å²) in [6.07, 6.45) is 5.19. The Balaban J connectivity index is 1.83. The maximum atomic E-state index is 12.7. The first-order chi connectivity index (χ1) is 12.9. The van der Waals surface area contributed by atoms with Gasteiger partial charge in [0.15, 0.2) is 0 Å². The smallest absolute Gasteiger partial charge is 0.268 e. The van der Waals surface area contributed by atoms with Gasteiger partial charge in [0.2, 0.25) is 17.7 Å². The molecule has 3 rings (SSSR count). The van der Waals surface area contributed by atoms with E-state index >= 15 is 0 Å². The number of nitrogens with zero attached hydrogens (tertiary/aromatic N) is 2. The Morgan fingerprint density at radius 1 is 1.04 bits per heavy atom. The summed E-state index contributed by atoms with van der Waals surface area (Å²) in [7, 11) is 3.46. The number of likely N-dealkylation sites (tertiary alicyclic amines) is 1. The molecular formula is C18H24N4O4S. The number of hydrogen-bond acceptors (Lipinski definition) is 6. The molecule has 1 aromatic rings. The molecule has 1 saturated heterocycles. The van der Waals surface area contributed by atoms with Crippen molar-refractivity contribution in [2.24, 2.45) is 0 Å². The van der Waals surface area contributed by atoms with E-state index in [9.17, 15) is 19.2 Å². The molecule has 0 bridgehead atoms. The van der Waals surface area contributed by atoms with E-state index in [1.165, 1.54) is 11.3 Å². The fraction of sp³-hybridized carbons (Fsp3) is 0.556. The van der Waals surface area contributed by atoms with Gasteiger partial charge in [-0.3, -0.25) is 29.5 Å². The number of fused-ring (bicyclic) bond motifs is 1. The van der Waals surface area contributed by atoms with Crippen molar-refractivity contribution in [2.75, 3.05) is 26.0 Å². The molecular weight excluding hydrogens is 368 g/mol. The van der Waals surface area contributed by atoms with Crippen molar-refractivity contribution in [2.45, 2.75) is 44.9 Å². The number of aryl methyl sites for hydroxylation is 1. The lowest BCUT2D eigenvalue weighted by atomic mass is 10.1. The van der Waals surface area contributed by atoms with Crippen molar-refractivity contribution in [3.05, 3.63) is 16.0 Å². The van der Waals surface area contributed by atoms with Crippen LogP contribution in [0.2, 0.25) is 0 Å². The minimum absolute atomic E-state index is 0.149. The van der Waals surface area contributed by atoms with Crippen LogP contribution >= 0.6 is 11.3 Å². The van der Waals surface area contributed by atoms with Crippen LogP contribution in [0.25, 0.3) is 0 Å². The fourth-order valence-electron chi connectivity index (χ4n) is 3.44. The average Bonchev–Trinajstić information content (AvgIpc) is 2.98. The molecule has 0 spiro atoms. The van der Waals surface area contributed by atoms with Crippen LogP contribution in [0.3, 0.4) is 0 Å². The Labute approximate surface area is 161 Å². The highest BCUT2D eigenvalue weighted by molar-refractivity contribution is 7.17. The van der Waals surface area contributed by atoms with Gasteiger partial charge in [0.05, 0.1) is 5.56 Å². The second kappa shape index (κ2) is 8.18. The van der Waals surface area contributed by atoms with E-state index in [1.54, 1.807) is 19.1 Å². The van der Waals surface area contributed by atoms with E-state index in [1.807, 2.05) is 0 Å². The highest BCUT2D eigenvalue weighted by Crippen LogP contribution is 2.37. The number of imide groups is 1. The van der Waals surface area contributed by atoms with Gasteiger partial charge in [-0.05, 0) is 31.2 Å². The van der Waals surface area contributed by atoms with Gasteiger partial charge in [-0.15, -0.1) is 11.3 Å². The van der Waals surface area contributed by atoms with Crippen molar-refractivity contribution in [3.63, 3.8) is 0 Å². The third-order valence-corrected chi connectivity index (χ3v) is 5.89. The highest BCUT2D eigenvalue weighted by Gasteiger charge is 2.31. The summed E-state index contributed by atoms with van der Waals surface area (Å²) in [6.45, 7) is -0.311. The van der Waals surface area contributed by atoms with Crippen LogP contribution in [0, 0.1) is 0 Å². The van der Waals surface area contributed by atoms with Crippen molar-refractivity contribution < 1.29 is 19.2 Å². The van der Waals surface area contributed by atoms with Crippen LogP contribution in [-0.2, 0) is 27.2 Å². The fourth-order valence-corrected chi connectivity index (χ4v) is 4.74. The molecule has 8 nitrogen and oxygen atoms in total. The summed E-state index contributed by atoms with van der Waals surface area (Å²) in [6, 6.07) is 0. The summed E-state index contributed by atoms with van der Waals surface area (Å²) < 4.78 is 0. The SMILES string of the molecule is CN(C)NC(=O)c1c(NC(=O)CN2C(=O)CCC2=O)sc2c1CCCCC2. The van der Waals surface area contributed by atoms with Gasteiger partial charge >= 0.3 is 0 Å². The number of hydrogen-bond donors (Lipinski definition) is 2. The van der Waals surface area contributed by atoms with Crippen molar-refractivity contribution in [3.8, 4) is 0 Å². The zero-order valence-corrected chi connectivity index (χ0v) is 16.4. The number of thiophene rings is 1. The van der Waals surface area contributed by atoms with Crippen LogP contribution in [0.15, 0.2) is 0 Å². The van der Waals surface area contributed by atoms with Crippen LogP contribution in [0.1, 0.15) is 52.9 Å². The summed E-state index contributed by atoms with van der Waals surface area (Å²) in [5.41, 5.74) is 4.25. The summed E-state index contributed by atoms with van der Waals surface area (Å²) >= 11 is 1.42.